The van der Waals surface area contributed by atoms with E-state index in [-0.39, 0.29) is 5.91 Å². The topological polar surface area (TPSA) is 73.6 Å². The molecule has 1 amide bonds. The molecule has 5 heteroatoms. The molecule has 0 aliphatic rings. The van der Waals surface area contributed by atoms with Crippen molar-refractivity contribution in [1.82, 2.24) is 0 Å². The van der Waals surface area contributed by atoms with Gasteiger partial charge in [-0.2, -0.15) is 0 Å². The molecule has 0 aromatic heterocycles. The van der Waals surface area contributed by atoms with Gasteiger partial charge in [-0.05, 0) is 19.1 Å². The molecule has 1 rings (SSSR count). The van der Waals surface area contributed by atoms with Crippen LogP contribution in [-0.2, 0) is 9.53 Å². The van der Waals surface area contributed by atoms with Gasteiger partial charge in [-0.3, -0.25) is 4.79 Å². The van der Waals surface area contributed by atoms with Gasteiger partial charge in [-0.15, -0.1) is 0 Å². The molecular formula is C12H18N2O3. The largest absolute Gasteiger partial charge is 0.491 e. The van der Waals surface area contributed by atoms with E-state index in [0.717, 1.165) is 0 Å². The van der Waals surface area contributed by atoms with E-state index in [9.17, 15) is 4.79 Å². The maximum absolute atomic E-state index is 11.4. The fourth-order valence-corrected chi connectivity index (χ4v) is 1.16. The highest BCUT2D eigenvalue weighted by molar-refractivity contribution is 5.94. The van der Waals surface area contributed by atoms with E-state index < -0.39 is 6.04 Å². The van der Waals surface area contributed by atoms with Crippen LogP contribution in [0, 0.1) is 0 Å². The minimum atomic E-state index is -0.534. The molecule has 17 heavy (non-hydrogen) atoms. The zero-order chi connectivity index (χ0) is 12.7. The first-order valence-corrected chi connectivity index (χ1v) is 5.41. The molecule has 0 heterocycles. The van der Waals surface area contributed by atoms with Gasteiger partial charge in [0.05, 0.1) is 12.6 Å². The van der Waals surface area contributed by atoms with Crippen LogP contribution in [-0.4, -0.2) is 32.3 Å². The molecule has 1 aromatic carbocycles. The monoisotopic (exact) mass is 238 g/mol. The van der Waals surface area contributed by atoms with Crippen LogP contribution in [0.2, 0.25) is 0 Å². The average molecular weight is 238 g/mol. The molecule has 0 aliphatic heterocycles. The summed E-state index contributed by atoms with van der Waals surface area (Å²) in [4.78, 5) is 11.4. The van der Waals surface area contributed by atoms with Gasteiger partial charge >= 0.3 is 0 Å². The minimum Gasteiger partial charge on any atom is -0.491 e. The quantitative estimate of drug-likeness (QED) is 0.725. The second-order valence-electron chi connectivity index (χ2n) is 3.65. The van der Waals surface area contributed by atoms with E-state index >= 15 is 0 Å². The summed E-state index contributed by atoms with van der Waals surface area (Å²) >= 11 is 0. The van der Waals surface area contributed by atoms with Crippen LogP contribution in [0.5, 0.6) is 5.75 Å². The first-order valence-electron chi connectivity index (χ1n) is 5.41. The number of carbonyl (C=O) groups excluding carboxylic acids is 1. The standard InChI is InChI=1S/C12H18N2O3/c1-9(13)12(15)14-10-4-3-5-11(8-10)17-7-6-16-2/h3-5,8-9H,6-7,13H2,1-2H3,(H,14,15)/t9-/m1/s1. The van der Waals surface area contributed by atoms with E-state index in [1.165, 1.54) is 0 Å². The normalized spacial score (nSPS) is 11.9. The van der Waals surface area contributed by atoms with Crippen molar-refractivity contribution in [3.05, 3.63) is 24.3 Å². The molecule has 0 saturated heterocycles. The van der Waals surface area contributed by atoms with Gasteiger partial charge in [0.15, 0.2) is 0 Å². The summed E-state index contributed by atoms with van der Waals surface area (Å²) in [6.07, 6.45) is 0. The molecule has 0 unspecified atom stereocenters. The molecule has 0 bridgehead atoms. The van der Waals surface area contributed by atoms with Crippen LogP contribution >= 0.6 is 0 Å². The fraction of sp³-hybridized carbons (Fsp3) is 0.417. The summed E-state index contributed by atoms with van der Waals surface area (Å²) in [6, 6.07) is 6.61. The number of carbonyl (C=O) groups is 1. The van der Waals surface area contributed by atoms with Crippen molar-refractivity contribution in [2.24, 2.45) is 5.73 Å². The predicted molar refractivity (Wildman–Crippen MR) is 66.1 cm³/mol. The molecule has 3 N–H and O–H groups in total. The van der Waals surface area contributed by atoms with Crippen LogP contribution in [0.3, 0.4) is 0 Å². The maximum atomic E-state index is 11.4. The van der Waals surface area contributed by atoms with Gasteiger partial charge in [0.2, 0.25) is 5.91 Å². The smallest absolute Gasteiger partial charge is 0.241 e. The van der Waals surface area contributed by atoms with Crippen molar-refractivity contribution in [1.29, 1.82) is 0 Å². The summed E-state index contributed by atoms with van der Waals surface area (Å²) in [5, 5.41) is 2.70. The summed E-state index contributed by atoms with van der Waals surface area (Å²) in [5.41, 5.74) is 6.13. The van der Waals surface area contributed by atoms with Crippen LogP contribution < -0.4 is 15.8 Å². The van der Waals surface area contributed by atoms with Crippen molar-refractivity contribution in [2.75, 3.05) is 25.6 Å². The molecule has 5 nitrogen and oxygen atoms in total. The lowest BCUT2D eigenvalue weighted by molar-refractivity contribution is -0.117. The number of methoxy groups -OCH3 is 1. The Morgan fingerprint density at radius 1 is 1.47 bits per heavy atom. The summed E-state index contributed by atoms with van der Waals surface area (Å²) < 4.78 is 10.3. The number of benzene rings is 1. The fourth-order valence-electron chi connectivity index (χ4n) is 1.16. The van der Waals surface area contributed by atoms with Gasteiger partial charge in [0, 0.05) is 18.9 Å². The Morgan fingerprint density at radius 2 is 2.24 bits per heavy atom. The van der Waals surface area contributed by atoms with Crippen molar-refractivity contribution in [2.45, 2.75) is 13.0 Å². The first kappa shape index (κ1) is 13.5. The lowest BCUT2D eigenvalue weighted by Gasteiger charge is -2.10. The third-order valence-electron chi connectivity index (χ3n) is 2.07. The van der Waals surface area contributed by atoms with Gasteiger partial charge in [0.1, 0.15) is 12.4 Å². The van der Waals surface area contributed by atoms with Crippen LogP contribution in [0.4, 0.5) is 5.69 Å². The molecule has 0 spiro atoms. The van der Waals surface area contributed by atoms with Gasteiger partial charge in [0.25, 0.3) is 0 Å². The summed E-state index contributed by atoms with van der Waals surface area (Å²) in [5.74, 6) is 0.462. The zero-order valence-corrected chi connectivity index (χ0v) is 10.1. The number of anilines is 1. The Morgan fingerprint density at radius 3 is 2.88 bits per heavy atom. The molecule has 94 valence electrons. The Labute approximate surface area is 101 Å². The second kappa shape index (κ2) is 6.88. The number of hydrogen-bond donors (Lipinski definition) is 2. The molecule has 0 radical (unpaired) electrons. The highest BCUT2D eigenvalue weighted by atomic mass is 16.5. The lowest BCUT2D eigenvalue weighted by Crippen LogP contribution is -2.32. The Bertz CT molecular complexity index is 367. The van der Waals surface area contributed by atoms with Gasteiger partial charge < -0.3 is 20.5 Å². The van der Waals surface area contributed by atoms with Crippen molar-refractivity contribution in [3.8, 4) is 5.75 Å². The Balaban J connectivity index is 2.56. The molecule has 0 saturated carbocycles. The Hall–Kier alpha value is -1.59. The summed E-state index contributed by atoms with van der Waals surface area (Å²) in [7, 11) is 1.61. The highest BCUT2D eigenvalue weighted by Crippen LogP contribution is 2.17. The number of hydrogen-bond acceptors (Lipinski definition) is 4. The van der Waals surface area contributed by atoms with Crippen molar-refractivity contribution >= 4 is 11.6 Å². The Kier molecular flexibility index (Phi) is 5.45. The number of nitrogens with one attached hydrogen (secondary N) is 1. The van der Waals surface area contributed by atoms with Gasteiger partial charge in [-0.1, -0.05) is 6.07 Å². The van der Waals surface area contributed by atoms with E-state index in [1.807, 2.05) is 6.07 Å². The molecule has 1 aromatic rings. The first-order chi connectivity index (χ1) is 8.13. The zero-order valence-electron chi connectivity index (χ0n) is 10.1. The average Bonchev–Trinajstić information content (AvgIpc) is 2.30. The van der Waals surface area contributed by atoms with Crippen LogP contribution in [0.1, 0.15) is 6.92 Å². The number of ether oxygens (including phenoxy) is 2. The molecule has 0 aliphatic carbocycles. The van der Waals surface area contributed by atoms with E-state index in [1.54, 1.807) is 32.2 Å². The SMILES string of the molecule is COCCOc1cccc(NC(=O)[C@@H](C)N)c1. The van der Waals surface area contributed by atoms with E-state index in [2.05, 4.69) is 5.32 Å². The predicted octanol–water partition coefficient (Wildman–Crippen LogP) is 0.998. The minimum absolute atomic E-state index is 0.223. The third-order valence-corrected chi connectivity index (χ3v) is 2.07. The third kappa shape index (κ3) is 4.84. The van der Waals surface area contributed by atoms with Crippen molar-refractivity contribution in [3.63, 3.8) is 0 Å². The van der Waals surface area contributed by atoms with Crippen LogP contribution in [0.15, 0.2) is 24.3 Å². The van der Waals surface area contributed by atoms with Crippen LogP contribution in [0.25, 0.3) is 0 Å². The van der Waals surface area contributed by atoms with Gasteiger partial charge in [-0.25, -0.2) is 0 Å². The molecule has 1 atom stereocenters. The van der Waals surface area contributed by atoms with E-state index in [0.29, 0.717) is 24.7 Å². The number of nitrogens with two attached hydrogens (primary N) is 1. The van der Waals surface area contributed by atoms with Crippen molar-refractivity contribution < 1.29 is 14.3 Å². The second-order valence-corrected chi connectivity index (χ2v) is 3.65. The highest BCUT2D eigenvalue weighted by Gasteiger charge is 2.07. The number of rotatable bonds is 6. The molecule has 0 fully saturated rings. The number of amides is 1. The maximum Gasteiger partial charge on any atom is 0.241 e. The summed E-state index contributed by atoms with van der Waals surface area (Å²) in [6.45, 7) is 2.63. The van der Waals surface area contributed by atoms with E-state index in [4.69, 9.17) is 15.2 Å². The molecular weight excluding hydrogens is 220 g/mol. The lowest BCUT2D eigenvalue weighted by atomic mass is 10.2.